The topological polar surface area (TPSA) is 61.9 Å². The lowest BCUT2D eigenvalue weighted by atomic mass is 9.79. The SMILES string of the molecule is CC1(/C(N)=N/O)CCN(Cc2cc(Cl)ccc2Cl)CC1. The highest BCUT2D eigenvalue weighted by atomic mass is 35.5. The minimum Gasteiger partial charge on any atom is -0.409 e. The fraction of sp³-hybridized carbons (Fsp3) is 0.500. The van der Waals surface area contributed by atoms with Crippen LogP contribution in [0.25, 0.3) is 0 Å². The Morgan fingerprint density at radius 1 is 1.40 bits per heavy atom. The molecule has 0 radical (unpaired) electrons. The zero-order valence-electron chi connectivity index (χ0n) is 11.4. The molecule has 2 rings (SSSR count). The summed E-state index contributed by atoms with van der Waals surface area (Å²) < 4.78 is 0. The monoisotopic (exact) mass is 315 g/mol. The van der Waals surface area contributed by atoms with Crippen molar-refractivity contribution in [1.29, 1.82) is 0 Å². The number of amidine groups is 1. The Bertz CT molecular complexity index is 511. The number of halogens is 2. The molecule has 0 aromatic heterocycles. The molecule has 1 heterocycles. The van der Waals surface area contributed by atoms with E-state index in [4.69, 9.17) is 34.1 Å². The lowest BCUT2D eigenvalue weighted by Crippen LogP contribution is -2.45. The van der Waals surface area contributed by atoms with Gasteiger partial charge in [0.2, 0.25) is 0 Å². The van der Waals surface area contributed by atoms with Gasteiger partial charge >= 0.3 is 0 Å². The molecule has 1 aromatic carbocycles. The molecule has 6 heteroatoms. The number of hydrogen-bond donors (Lipinski definition) is 2. The largest absolute Gasteiger partial charge is 0.409 e. The first-order valence-corrected chi connectivity index (χ1v) is 7.34. The number of oxime groups is 1. The van der Waals surface area contributed by atoms with Crippen molar-refractivity contribution in [2.24, 2.45) is 16.3 Å². The van der Waals surface area contributed by atoms with Crippen LogP contribution in [0.1, 0.15) is 25.3 Å². The lowest BCUT2D eigenvalue weighted by molar-refractivity contribution is 0.153. The number of nitrogens with two attached hydrogens (primary N) is 1. The zero-order valence-corrected chi connectivity index (χ0v) is 13.0. The van der Waals surface area contributed by atoms with E-state index in [-0.39, 0.29) is 5.41 Å². The van der Waals surface area contributed by atoms with Gasteiger partial charge < -0.3 is 10.9 Å². The van der Waals surface area contributed by atoms with Gasteiger partial charge in [0.25, 0.3) is 0 Å². The summed E-state index contributed by atoms with van der Waals surface area (Å²) in [5.41, 5.74) is 6.58. The standard InChI is InChI=1S/C14H19Cl2N3O/c1-14(13(17)18-20)4-6-19(7-5-14)9-10-8-11(15)2-3-12(10)16/h2-3,8,20H,4-7,9H2,1H3,(H2,17,18). The van der Waals surface area contributed by atoms with Crippen LogP contribution in [0, 0.1) is 5.41 Å². The highest BCUT2D eigenvalue weighted by Crippen LogP contribution is 2.32. The average molecular weight is 316 g/mol. The molecule has 1 aliphatic heterocycles. The molecular formula is C14H19Cl2N3O. The fourth-order valence-corrected chi connectivity index (χ4v) is 2.86. The quantitative estimate of drug-likeness (QED) is 0.389. The molecule has 0 amide bonds. The predicted octanol–water partition coefficient (Wildman–Crippen LogP) is 3.34. The first-order valence-electron chi connectivity index (χ1n) is 6.59. The zero-order chi connectivity index (χ0) is 14.8. The molecule has 110 valence electrons. The molecule has 3 N–H and O–H groups in total. The van der Waals surface area contributed by atoms with Crippen LogP contribution in [-0.4, -0.2) is 29.0 Å². The molecule has 0 atom stereocenters. The second-order valence-electron chi connectivity index (χ2n) is 5.56. The van der Waals surface area contributed by atoms with Crippen LogP contribution >= 0.6 is 23.2 Å². The molecule has 0 spiro atoms. The number of benzene rings is 1. The first kappa shape index (κ1) is 15.4. The van der Waals surface area contributed by atoms with Gasteiger partial charge in [-0.15, -0.1) is 0 Å². The normalized spacial score (nSPS) is 20.1. The predicted molar refractivity (Wildman–Crippen MR) is 82.5 cm³/mol. The Morgan fingerprint density at radius 2 is 2.05 bits per heavy atom. The minimum atomic E-state index is -0.219. The number of rotatable bonds is 3. The summed E-state index contributed by atoms with van der Waals surface area (Å²) >= 11 is 12.2. The van der Waals surface area contributed by atoms with Gasteiger partial charge in [-0.1, -0.05) is 35.3 Å². The van der Waals surface area contributed by atoms with E-state index in [1.807, 2.05) is 19.1 Å². The maximum absolute atomic E-state index is 8.84. The summed E-state index contributed by atoms with van der Waals surface area (Å²) in [5.74, 6) is 0.318. The Labute approximate surface area is 129 Å². The Balaban J connectivity index is 2.00. The maximum Gasteiger partial charge on any atom is 0.145 e. The van der Waals surface area contributed by atoms with Crippen LogP contribution in [0.5, 0.6) is 0 Å². The van der Waals surface area contributed by atoms with Crippen molar-refractivity contribution in [2.75, 3.05) is 13.1 Å². The summed E-state index contributed by atoms with van der Waals surface area (Å²) in [4.78, 5) is 2.31. The molecule has 4 nitrogen and oxygen atoms in total. The Kier molecular flexibility index (Phi) is 4.78. The molecule has 0 unspecified atom stereocenters. The molecule has 1 saturated heterocycles. The van der Waals surface area contributed by atoms with Gasteiger partial charge in [0, 0.05) is 22.0 Å². The van der Waals surface area contributed by atoms with E-state index < -0.39 is 0 Å². The molecule has 0 aliphatic carbocycles. The molecule has 1 aromatic rings. The van der Waals surface area contributed by atoms with E-state index in [9.17, 15) is 0 Å². The van der Waals surface area contributed by atoms with E-state index in [1.165, 1.54) is 0 Å². The van der Waals surface area contributed by atoms with E-state index in [2.05, 4.69) is 10.1 Å². The van der Waals surface area contributed by atoms with Crippen LogP contribution in [0.4, 0.5) is 0 Å². The van der Waals surface area contributed by atoms with Gasteiger partial charge in [0.05, 0.1) is 0 Å². The Hall–Kier alpha value is -0.970. The molecular weight excluding hydrogens is 297 g/mol. The first-order chi connectivity index (χ1) is 9.44. The van der Waals surface area contributed by atoms with E-state index in [0.717, 1.165) is 43.1 Å². The van der Waals surface area contributed by atoms with Gasteiger partial charge in [-0.2, -0.15) is 0 Å². The molecule has 0 bridgehead atoms. The number of likely N-dealkylation sites (tertiary alicyclic amines) is 1. The highest BCUT2D eigenvalue weighted by Gasteiger charge is 2.34. The van der Waals surface area contributed by atoms with Crippen LogP contribution in [0.3, 0.4) is 0 Å². The number of nitrogens with zero attached hydrogens (tertiary/aromatic N) is 2. The van der Waals surface area contributed by atoms with Gasteiger partial charge in [0.15, 0.2) is 0 Å². The van der Waals surface area contributed by atoms with Crippen molar-refractivity contribution in [3.05, 3.63) is 33.8 Å². The van der Waals surface area contributed by atoms with Crippen molar-refractivity contribution >= 4 is 29.0 Å². The second kappa shape index (κ2) is 6.20. The summed E-state index contributed by atoms with van der Waals surface area (Å²) in [6, 6.07) is 5.52. The van der Waals surface area contributed by atoms with Gasteiger partial charge in [-0.05, 0) is 49.7 Å². The van der Waals surface area contributed by atoms with Crippen molar-refractivity contribution in [3.8, 4) is 0 Å². The minimum absolute atomic E-state index is 0.219. The molecule has 1 fully saturated rings. The van der Waals surface area contributed by atoms with Gasteiger partial charge in [0.1, 0.15) is 5.84 Å². The van der Waals surface area contributed by atoms with Crippen LogP contribution < -0.4 is 5.73 Å². The summed E-state index contributed by atoms with van der Waals surface area (Å²) in [6.07, 6.45) is 1.72. The van der Waals surface area contributed by atoms with E-state index in [0.29, 0.717) is 10.9 Å². The summed E-state index contributed by atoms with van der Waals surface area (Å²) in [5, 5.41) is 13.4. The number of piperidine rings is 1. The van der Waals surface area contributed by atoms with E-state index in [1.54, 1.807) is 6.07 Å². The van der Waals surface area contributed by atoms with E-state index >= 15 is 0 Å². The van der Waals surface area contributed by atoms with Crippen LogP contribution in [-0.2, 0) is 6.54 Å². The third-order valence-corrected chi connectivity index (χ3v) is 4.69. The van der Waals surface area contributed by atoms with Crippen molar-refractivity contribution < 1.29 is 5.21 Å². The molecule has 0 saturated carbocycles. The summed E-state index contributed by atoms with van der Waals surface area (Å²) in [6.45, 7) is 4.57. The number of hydrogen-bond acceptors (Lipinski definition) is 3. The highest BCUT2D eigenvalue weighted by molar-refractivity contribution is 6.33. The average Bonchev–Trinajstić information content (AvgIpc) is 2.44. The van der Waals surface area contributed by atoms with Crippen LogP contribution in [0.2, 0.25) is 10.0 Å². The van der Waals surface area contributed by atoms with Gasteiger partial charge in [-0.25, -0.2) is 0 Å². The maximum atomic E-state index is 8.84. The van der Waals surface area contributed by atoms with Crippen molar-refractivity contribution in [2.45, 2.75) is 26.3 Å². The van der Waals surface area contributed by atoms with Crippen molar-refractivity contribution in [3.63, 3.8) is 0 Å². The van der Waals surface area contributed by atoms with Gasteiger partial charge in [-0.3, -0.25) is 4.90 Å². The molecule has 20 heavy (non-hydrogen) atoms. The third-order valence-electron chi connectivity index (χ3n) is 4.09. The summed E-state index contributed by atoms with van der Waals surface area (Å²) in [7, 11) is 0. The van der Waals surface area contributed by atoms with Crippen molar-refractivity contribution in [1.82, 2.24) is 4.90 Å². The third kappa shape index (κ3) is 3.37. The smallest absolute Gasteiger partial charge is 0.145 e. The van der Waals surface area contributed by atoms with Crippen LogP contribution in [0.15, 0.2) is 23.4 Å². The molecule has 1 aliphatic rings. The second-order valence-corrected chi connectivity index (χ2v) is 6.40. The fourth-order valence-electron chi connectivity index (χ4n) is 2.49. The Morgan fingerprint density at radius 3 is 2.65 bits per heavy atom. The lowest BCUT2D eigenvalue weighted by Gasteiger charge is -2.38.